The highest BCUT2D eigenvalue weighted by Gasteiger charge is 2.31. The highest BCUT2D eigenvalue weighted by Crippen LogP contribution is 2.35. The zero-order valence-electron chi connectivity index (χ0n) is 31.0. The number of amides is 1. The molecule has 1 amide bonds. The number of hydrogen-bond acceptors (Lipinski definition) is 4. The molecule has 8 aromatic rings. The molecule has 59 heavy (non-hydrogen) atoms. The van der Waals surface area contributed by atoms with E-state index in [0.29, 0.717) is 33.4 Å². The van der Waals surface area contributed by atoms with Crippen LogP contribution in [-0.2, 0) is 25.4 Å². The lowest BCUT2D eigenvalue weighted by molar-refractivity contribution is -0.138. The number of carbonyl (C=O) groups excluding carboxylic acids is 1. The van der Waals surface area contributed by atoms with Crippen LogP contribution in [-0.4, -0.2) is 32.0 Å². The Bertz CT molecular complexity index is 2890. The summed E-state index contributed by atoms with van der Waals surface area (Å²) >= 11 is 0. The van der Waals surface area contributed by atoms with E-state index in [4.69, 9.17) is 0 Å². The maximum Gasteiger partial charge on any atom is 0.416 e. The predicted octanol–water partition coefficient (Wildman–Crippen LogP) is 11.4. The van der Waals surface area contributed by atoms with E-state index in [1.807, 2.05) is 60.7 Å². The number of fused-ring (bicyclic) bond motifs is 2. The van der Waals surface area contributed by atoms with Crippen molar-refractivity contribution in [3.05, 3.63) is 174 Å². The van der Waals surface area contributed by atoms with Crippen LogP contribution in [0.4, 0.5) is 32.0 Å². The van der Waals surface area contributed by atoms with Crippen LogP contribution in [0.3, 0.4) is 0 Å². The monoisotopic (exact) mass is 798 g/mol. The lowest BCUT2D eigenvalue weighted by Crippen LogP contribution is -2.31. The molecule has 0 fully saturated rings. The summed E-state index contributed by atoms with van der Waals surface area (Å²) in [4.78, 5) is 15.9. The Morgan fingerprint density at radius 3 is 1.63 bits per heavy atom. The second-order valence-corrected chi connectivity index (χ2v) is 14.0. The number of hydrogen-bond donors (Lipinski definition) is 0. The first-order valence-electron chi connectivity index (χ1n) is 18.5. The molecule has 0 unspecified atom stereocenters. The minimum Gasteiger partial charge on any atom is -0.307 e. The van der Waals surface area contributed by atoms with E-state index < -0.39 is 23.5 Å². The Morgan fingerprint density at radius 2 is 1.10 bits per heavy atom. The molecule has 0 N–H and O–H groups in total. The second-order valence-electron chi connectivity index (χ2n) is 14.0. The normalized spacial score (nSPS) is 11.9. The van der Waals surface area contributed by atoms with Gasteiger partial charge in [-0.3, -0.25) is 14.2 Å². The SMILES string of the molecule is N#CCCN(C(=O)c1cccc(-c2cccc3nn(Cc4cccc(C(F)(F)F)c4)cc23)c1)c1cccc(-c2cccc3nn(Cc4cccc(C(F)(F)F)c4)cc23)c1. The third-order valence-electron chi connectivity index (χ3n) is 9.97. The Labute approximate surface area is 334 Å². The summed E-state index contributed by atoms with van der Waals surface area (Å²) in [5.41, 5.74) is 4.71. The van der Waals surface area contributed by atoms with Crippen LogP contribution in [0.5, 0.6) is 0 Å². The molecule has 2 heterocycles. The van der Waals surface area contributed by atoms with Gasteiger partial charge in [0.2, 0.25) is 0 Å². The highest BCUT2D eigenvalue weighted by atomic mass is 19.4. The molecule has 8 rings (SSSR count). The quantitative estimate of drug-likeness (QED) is 0.129. The molecule has 13 heteroatoms. The van der Waals surface area contributed by atoms with Crippen LogP contribution in [0, 0.1) is 11.3 Å². The van der Waals surface area contributed by atoms with Crippen molar-refractivity contribution in [2.75, 3.05) is 11.4 Å². The molecule has 0 spiro atoms. The van der Waals surface area contributed by atoms with E-state index in [1.165, 1.54) is 12.1 Å². The largest absolute Gasteiger partial charge is 0.416 e. The number of alkyl halides is 6. The number of anilines is 1. The van der Waals surface area contributed by atoms with Crippen LogP contribution in [0.1, 0.15) is 39.0 Å². The summed E-state index contributed by atoms with van der Waals surface area (Å²) in [5.74, 6) is -0.334. The fourth-order valence-electron chi connectivity index (χ4n) is 7.24. The Balaban J connectivity index is 1.08. The van der Waals surface area contributed by atoms with Gasteiger partial charge in [-0.25, -0.2) is 0 Å². The molecule has 294 valence electrons. The number of halogens is 6. The van der Waals surface area contributed by atoms with Gasteiger partial charge in [-0.2, -0.15) is 41.8 Å². The summed E-state index contributed by atoms with van der Waals surface area (Å²) in [7, 11) is 0. The van der Waals surface area contributed by atoms with E-state index in [2.05, 4.69) is 16.3 Å². The molecule has 0 radical (unpaired) electrons. The van der Waals surface area contributed by atoms with Crippen molar-refractivity contribution >= 4 is 33.4 Å². The number of nitriles is 1. The molecule has 6 aromatic carbocycles. The average Bonchev–Trinajstić information content (AvgIpc) is 3.84. The smallest absolute Gasteiger partial charge is 0.307 e. The first kappa shape index (κ1) is 38.7. The van der Waals surface area contributed by atoms with Crippen molar-refractivity contribution in [3.8, 4) is 28.3 Å². The van der Waals surface area contributed by atoms with Gasteiger partial charge < -0.3 is 4.90 Å². The van der Waals surface area contributed by atoms with Crippen molar-refractivity contribution in [3.63, 3.8) is 0 Å². The van der Waals surface area contributed by atoms with Crippen molar-refractivity contribution in [1.29, 1.82) is 5.26 Å². The molecule has 2 aromatic heterocycles. The minimum absolute atomic E-state index is 0.0674. The number of aromatic nitrogens is 4. The molecule has 0 saturated heterocycles. The molecule has 7 nitrogen and oxygen atoms in total. The third-order valence-corrected chi connectivity index (χ3v) is 9.97. The van der Waals surface area contributed by atoms with Crippen LogP contribution < -0.4 is 4.90 Å². The first-order valence-corrected chi connectivity index (χ1v) is 18.5. The van der Waals surface area contributed by atoms with Crippen LogP contribution in [0.2, 0.25) is 0 Å². The highest BCUT2D eigenvalue weighted by molar-refractivity contribution is 6.08. The van der Waals surface area contributed by atoms with Gasteiger partial charge in [-0.15, -0.1) is 0 Å². The van der Waals surface area contributed by atoms with Crippen molar-refractivity contribution in [2.24, 2.45) is 0 Å². The van der Waals surface area contributed by atoms with Gasteiger partial charge in [0.15, 0.2) is 0 Å². The number of benzene rings is 6. The maximum atomic E-state index is 14.4. The third kappa shape index (κ3) is 8.29. The molecule has 0 saturated carbocycles. The summed E-state index contributed by atoms with van der Waals surface area (Å²) in [6, 6.07) is 38.0. The standard InChI is InChI=1S/C46H32F6N6O/c47-45(48,49)35-13-1-8-30(22-35)26-56-28-40-38(16-5-18-42(40)54-56)32-10-3-12-34(24-32)44(59)58(21-7-20-53)37-15-4-11-33(25-37)39-17-6-19-43-41(39)29-57(55-43)27-31-9-2-14-36(23-31)46(50,51)52/h1-6,8-19,22-25,28-29H,7,21,26-27H2. The van der Waals surface area contributed by atoms with E-state index in [1.54, 1.807) is 63.1 Å². The zero-order valence-corrected chi connectivity index (χ0v) is 31.0. The van der Waals surface area contributed by atoms with Gasteiger partial charge in [0.25, 0.3) is 5.91 Å². The second kappa shape index (κ2) is 15.6. The molecule has 0 atom stereocenters. The zero-order chi connectivity index (χ0) is 41.3. The summed E-state index contributed by atoms with van der Waals surface area (Å²) < 4.78 is 83.3. The van der Waals surface area contributed by atoms with Gasteiger partial charge >= 0.3 is 12.4 Å². The topological polar surface area (TPSA) is 79.7 Å². The van der Waals surface area contributed by atoms with Gasteiger partial charge in [0.05, 0.1) is 47.7 Å². The number of nitrogens with zero attached hydrogens (tertiary/aromatic N) is 6. The summed E-state index contributed by atoms with van der Waals surface area (Å²) in [6.45, 7) is 0.365. The van der Waals surface area contributed by atoms with Crippen molar-refractivity contribution in [1.82, 2.24) is 19.6 Å². The lowest BCUT2D eigenvalue weighted by atomic mass is 9.99. The Hall–Kier alpha value is -7.20. The van der Waals surface area contributed by atoms with Gasteiger partial charge in [0.1, 0.15) is 0 Å². The molecule has 0 aliphatic heterocycles. The van der Waals surface area contributed by atoms with Crippen molar-refractivity contribution in [2.45, 2.75) is 31.9 Å². The van der Waals surface area contributed by atoms with Gasteiger partial charge in [0, 0.05) is 41.0 Å². The summed E-state index contributed by atoms with van der Waals surface area (Å²) in [5, 5.41) is 20.3. The van der Waals surface area contributed by atoms with Crippen LogP contribution in [0.15, 0.2) is 146 Å². The van der Waals surface area contributed by atoms with E-state index in [0.717, 1.165) is 57.3 Å². The van der Waals surface area contributed by atoms with Gasteiger partial charge in [-0.1, -0.05) is 72.8 Å². The molecular weight excluding hydrogens is 767 g/mol. The summed E-state index contributed by atoms with van der Waals surface area (Å²) in [6.07, 6.45) is -5.29. The fourth-order valence-corrected chi connectivity index (χ4v) is 7.24. The van der Waals surface area contributed by atoms with E-state index in [9.17, 15) is 36.4 Å². The van der Waals surface area contributed by atoms with E-state index in [-0.39, 0.29) is 32.0 Å². The average molecular weight is 799 g/mol. The Morgan fingerprint density at radius 1 is 0.610 bits per heavy atom. The Kier molecular flexibility index (Phi) is 10.2. The first-order chi connectivity index (χ1) is 28.3. The van der Waals surface area contributed by atoms with Crippen LogP contribution in [0.25, 0.3) is 44.1 Å². The van der Waals surface area contributed by atoms with E-state index >= 15 is 0 Å². The molecular formula is C46H32F6N6O. The predicted molar refractivity (Wildman–Crippen MR) is 213 cm³/mol. The maximum absolute atomic E-state index is 14.4. The van der Waals surface area contributed by atoms with Crippen LogP contribution >= 0.6 is 0 Å². The lowest BCUT2D eigenvalue weighted by Gasteiger charge is -2.23. The number of carbonyl (C=O) groups is 1. The minimum atomic E-state index is -4.46. The molecule has 0 aliphatic rings. The van der Waals surface area contributed by atoms with Gasteiger partial charge in [-0.05, 0) is 94.0 Å². The molecule has 0 aliphatic carbocycles. The molecule has 0 bridgehead atoms. The fraction of sp³-hybridized carbons (Fsp3) is 0.130. The number of rotatable bonds is 10. The van der Waals surface area contributed by atoms with Crippen molar-refractivity contribution < 1.29 is 31.1 Å².